The largest absolute Gasteiger partial charge is 0.468 e. The van der Waals surface area contributed by atoms with Crippen LogP contribution in [0.25, 0.3) is 0 Å². The molecule has 0 rings (SSSR count). The van der Waals surface area contributed by atoms with Crippen molar-refractivity contribution in [2.75, 3.05) is 20.8 Å². The van der Waals surface area contributed by atoms with E-state index in [1.54, 1.807) is 7.11 Å². The molecule has 0 amide bonds. The minimum Gasteiger partial charge on any atom is -0.468 e. The summed E-state index contributed by atoms with van der Waals surface area (Å²) in [4.78, 5) is 11.5. The molecule has 0 aliphatic rings. The molecular formula is C11H23NO3. The number of methoxy groups -OCH3 is 2. The van der Waals surface area contributed by atoms with E-state index in [0.29, 0.717) is 12.6 Å². The molecule has 0 saturated carbocycles. The van der Waals surface area contributed by atoms with Gasteiger partial charge in [0.25, 0.3) is 0 Å². The van der Waals surface area contributed by atoms with Gasteiger partial charge in [-0.2, -0.15) is 0 Å². The standard InChI is InChI=1S/C11H23NO3/c1-6-9(3)12-10(11(13)15-5)8(2)7-14-4/h8-10,12H,6-7H2,1-5H3. The van der Waals surface area contributed by atoms with Crippen molar-refractivity contribution in [3.8, 4) is 0 Å². The van der Waals surface area contributed by atoms with Gasteiger partial charge in [-0.1, -0.05) is 13.8 Å². The van der Waals surface area contributed by atoms with Crippen molar-refractivity contribution >= 4 is 5.97 Å². The predicted octanol–water partition coefficient (Wildman–Crippen LogP) is 1.20. The van der Waals surface area contributed by atoms with E-state index in [-0.39, 0.29) is 17.9 Å². The SMILES string of the molecule is CCC(C)NC(C(=O)OC)C(C)COC. The van der Waals surface area contributed by atoms with E-state index in [2.05, 4.69) is 19.2 Å². The van der Waals surface area contributed by atoms with Crippen LogP contribution in [0.3, 0.4) is 0 Å². The number of nitrogens with one attached hydrogen (secondary N) is 1. The number of ether oxygens (including phenoxy) is 2. The van der Waals surface area contributed by atoms with Crippen LogP contribution in [0.5, 0.6) is 0 Å². The van der Waals surface area contributed by atoms with Gasteiger partial charge in [-0.3, -0.25) is 4.79 Å². The molecule has 4 heteroatoms. The van der Waals surface area contributed by atoms with Gasteiger partial charge >= 0.3 is 5.97 Å². The third kappa shape index (κ3) is 5.14. The molecule has 0 aromatic carbocycles. The smallest absolute Gasteiger partial charge is 0.323 e. The third-order valence-corrected chi connectivity index (χ3v) is 2.53. The molecule has 0 spiro atoms. The molecule has 0 aromatic rings. The average molecular weight is 217 g/mol. The highest BCUT2D eigenvalue weighted by Gasteiger charge is 2.26. The van der Waals surface area contributed by atoms with E-state index in [1.807, 2.05) is 6.92 Å². The lowest BCUT2D eigenvalue weighted by Crippen LogP contribution is -2.47. The monoisotopic (exact) mass is 217 g/mol. The number of carbonyl (C=O) groups is 1. The highest BCUT2D eigenvalue weighted by molar-refractivity contribution is 5.76. The number of rotatable bonds is 7. The van der Waals surface area contributed by atoms with Crippen LogP contribution in [0.1, 0.15) is 27.2 Å². The molecule has 15 heavy (non-hydrogen) atoms. The fraction of sp³-hybridized carbons (Fsp3) is 0.909. The Bertz CT molecular complexity index is 185. The van der Waals surface area contributed by atoms with E-state index < -0.39 is 0 Å². The quantitative estimate of drug-likeness (QED) is 0.651. The summed E-state index contributed by atoms with van der Waals surface area (Å²) in [5.74, 6) is -0.115. The van der Waals surface area contributed by atoms with Gasteiger partial charge in [0, 0.05) is 19.1 Å². The van der Waals surface area contributed by atoms with Crippen LogP contribution >= 0.6 is 0 Å². The maximum atomic E-state index is 11.5. The van der Waals surface area contributed by atoms with Gasteiger partial charge in [0.1, 0.15) is 6.04 Å². The van der Waals surface area contributed by atoms with Crippen molar-refractivity contribution in [2.45, 2.75) is 39.3 Å². The highest BCUT2D eigenvalue weighted by Crippen LogP contribution is 2.07. The summed E-state index contributed by atoms with van der Waals surface area (Å²) in [6, 6.07) is 0.0123. The summed E-state index contributed by atoms with van der Waals surface area (Å²) in [5, 5.41) is 3.25. The lowest BCUT2D eigenvalue weighted by molar-refractivity contribution is -0.145. The Labute approximate surface area is 92.3 Å². The molecule has 0 heterocycles. The van der Waals surface area contributed by atoms with Crippen molar-refractivity contribution in [3.05, 3.63) is 0 Å². The molecule has 0 aliphatic heterocycles. The van der Waals surface area contributed by atoms with E-state index in [4.69, 9.17) is 9.47 Å². The maximum absolute atomic E-state index is 11.5. The minimum atomic E-state index is -0.287. The van der Waals surface area contributed by atoms with Gasteiger partial charge in [-0.05, 0) is 13.3 Å². The number of hydrogen-bond acceptors (Lipinski definition) is 4. The molecule has 0 aromatic heterocycles. The van der Waals surface area contributed by atoms with Gasteiger partial charge in [0.2, 0.25) is 0 Å². The molecule has 0 aliphatic carbocycles. The predicted molar refractivity (Wildman–Crippen MR) is 59.7 cm³/mol. The van der Waals surface area contributed by atoms with Gasteiger partial charge in [-0.15, -0.1) is 0 Å². The lowest BCUT2D eigenvalue weighted by atomic mass is 10.0. The fourth-order valence-corrected chi connectivity index (χ4v) is 1.38. The van der Waals surface area contributed by atoms with Gasteiger partial charge in [0.05, 0.1) is 13.7 Å². The zero-order valence-electron chi connectivity index (χ0n) is 10.4. The topological polar surface area (TPSA) is 47.6 Å². The number of esters is 1. The third-order valence-electron chi connectivity index (χ3n) is 2.53. The molecule has 4 nitrogen and oxygen atoms in total. The van der Waals surface area contributed by atoms with Crippen molar-refractivity contribution < 1.29 is 14.3 Å². The Kier molecular flexibility index (Phi) is 7.34. The Morgan fingerprint density at radius 1 is 1.33 bits per heavy atom. The first-order valence-electron chi connectivity index (χ1n) is 5.39. The first-order chi connectivity index (χ1) is 7.06. The summed E-state index contributed by atoms with van der Waals surface area (Å²) >= 11 is 0. The number of hydrogen-bond donors (Lipinski definition) is 1. The van der Waals surface area contributed by atoms with E-state index in [0.717, 1.165) is 6.42 Å². The molecule has 0 bridgehead atoms. The van der Waals surface area contributed by atoms with E-state index in [1.165, 1.54) is 7.11 Å². The second-order valence-electron chi connectivity index (χ2n) is 3.91. The van der Waals surface area contributed by atoms with Gasteiger partial charge < -0.3 is 14.8 Å². The molecule has 0 saturated heterocycles. The van der Waals surface area contributed by atoms with Crippen LogP contribution in [0.4, 0.5) is 0 Å². The Balaban J connectivity index is 4.36. The average Bonchev–Trinajstić information content (AvgIpc) is 2.24. The first-order valence-corrected chi connectivity index (χ1v) is 5.39. The minimum absolute atomic E-state index is 0.108. The molecular weight excluding hydrogens is 194 g/mol. The summed E-state index contributed by atoms with van der Waals surface area (Å²) in [6.45, 7) is 6.64. The van der Waals surface area contributed by atoms with Crippen LogP contribution in [0.15, 0.2) is 0 Å². The van der Waals surface area contributed by atoms with E-state index >= 15 is 0 Å². The number of carbonyl (C=O) groups excluding carboxylic acids is 1. The van der Waals surface area contributed by atoms with Crippen molar-refractivity contribution in [1.29, 1.82) is 0 Å². The summed E-state index contributed by atoms with van der Waals surface area (Å²) < 4.78 is 9.81. The van der Waals surface area contributed by atoms with E-state index in [9.17, 15) is 4.79 Å². The normalized spacial score (nSPS) is 16.9. The lowest BCUT2D eigenvalue weighted by Gasteiger charge is -2.25. The van der Waals surface area contributed by atoms with Crippen molar-refractivity contribution in [1.82, 2.24) is 5.32 Å². The van der Waals surface area contributed by atoms with Crippen LogP contribution in [0, 0.1) is 5.92 Å². The van der Waals surface area contributed by atoms with Crippen molar-refractivity contribution in [3.63, 3.8) is 0 Å². The molecule has 0 radical (unpaired) electrons. The van der Waals surface area contributed by atoms with Crippen LogP contribution in [-0.4, -0.2) is 38.9 Å². The first kappa shape index (κ1) is 14.4. The molecule has 90 valence electrons. The van der Waals surface area contributed by atoms with Gasteiger partial charge in [0.15, 0.2) is 0 Å². The fourth-order valence-electron chi connectivity index (χ4n) is 1.38. The molecule has 1 N–H and O–H groups in total. The van der Waals surface area contributed by atoms with Gasteiger partial charge in [-0.25, -0.2) is 0 Å². The molecule has 3 unspecified atom stereocenters. The summed E-state index contributed by atoms with van der Waals surface area (Å²) in [5.41, 5.74) is 0. The Morgan fingerprint density at radius 2 is 1.93 bits per heavy atom. The summed E-state index contributed by atoms with van der Waals surface area (Å²) in [6.07, 6.45) is 0.979. The second-order valence-corrected chi connectivity index (χ2v) is 3.91. The molecule has 3 atom stereocenters. The van der Waals surface area contributed by atoms with Crippen LogP contribution < -0.4 is 5.32 Å². The summed E-state index contributed by atoms with van der Waals surface area (Å²) in [7, 11) is 3.04. The zero-order chi connectivity index (χ0) is 11.8. The Hall–Kier alpha value is -0.610. The van der Waals surface area contributed by atoms with Crippen LogP contribution in [0.2, 0.25) is 0 Å². The maximum Gasteiger partial charge on any atom is 0.323 e. The zero-order valence-corrected chi connectivity index (χ0v) is 10.4. The highest BCUT2D eigenvalue weighted by atomic mass is 16.5. The second kappa shape index (κ2) is 7.65. The molecule has 0 fully saturated rings. The van der Waals surface area contributed by atoms with Crippen molar-refractivity contribution in [2.24, 2.45) is 5.92 Å². The Morgan fingerprint density at radius 3 is 2.33 bits per heavy atom. The van der Waals surface area contributed by atoms with Crippen LogP contribution in [-0.2, 0) is 14.3 Å².